The van der Waals surface area contributed by atoms with Crippen molar-refractivity contribution in [3.63, 3.8) is 0 Å². The van der Waals surface area contributed by atoms with Gasteiger partial charge in [0, 0.05) is 15.7 Å². The molecule has 2 aromatic heterocycles. The van der Waals surface area contributed by atoms with Crippen LogP contribution in [0.2, 0.25) is 10.0 Å². The Kier molecular flexibility index (Phi) is 5.94. The van der Waals surface area contributed by atoms with Crippen molar-refractivity contribution in [2.45, 2.75) is 11.6 Å². The van der Waals surface area contributed by atoms with Crippen LogP contribution in [0.3, 0.4) is 0 Å². The Morgan fingerprint density at radius 2 is 1.69 bits per heavy atom. The van der Waals surface area contributed by atoms with Crippen LogP contribution in [0.15, 0.2) is 59.9 Å². The van der Waals surface area contributed by atoms with Gasteiger partial charge >= 0.3 is 0 Å². The number of carbonyl (C=O) groups is 1. The summed E-state index contributed by atoms with van der Waals surface area (Å²) in [5.41, 5.74) is 2.87. The highest BCUT2D eigenvalue weighted by atomic mass is 35.5. The Morgan fingerprint density at radius 1 is 1.00 bits per heavy atom. The molecule has 0 spiro atoms. The molecule has 2 aromatic carbocycles. The lowest BCUT2D eigenvalue weighted by Gasteiger charge is -2.05. The van der Waals surface area contributed by atoms with Gasteiger partial charge in [0.25, 0.3) is 0 Å². The molecular weight excluding hydrogens is 431 g/mol. The third-order valence-corrected chi connectivity index (χ3v) is 5.46. The highest BCUT2D eigenvalue weighted by molar-refractivity contribution is 8.00. The van der Waals surface area contributed by atoms with Gasteiger partial charge in [-0.25, -0.2) is 14.6 Å². The molecule has 1 N–H and O–H groups in total. The summed E-state index contributed by atoms with van der Waals surface area (Å²) in [6.45, 7) is 0.506. The molecule has 2 heterocycles. The molecule has 0 bridgehead atoms. The second-order valence-electron chi connectivity index (χ2n) is 6.07. The lowest BCUT2D eigenvalue weighted by atomic mass is 10.2. The Hall–Kier alpha value is -2.68. The third-order valence-electron chi connectivity index (χ3n) is 3.98. The topological polar surface area (TPSA) is 85.6 Å². The van der Waals surface area contributed by atoms with E-state index < -0.39 is 0 Å². The number of aromatic nitrogens is 5. The van der Waals surface area contributed by atoms with Crippen molar-refractivity contribution in [1.82, 2.24) is 25.0 Å². The van der Waals surface area contributed by atoms with Crippen LogP contribution >= 0.6 is 35.0 Å². The second-order valence-corrected chi connectivity index (χ2v) is 7.91. The molecular formula is C19H14Cl2N6OS. The zero-order chi connectivity index (χ0) is 20.2. The maximum atomic E-state index is 12.2. The Morgan fingerprint density at radius 3 is 2.41 bits per heavy atom. The quantitative estimate of drug-likeness (QED) is 0.352. The molecule has 29 heavy (non-hydrogen) atoms. The van der Waals surface area contributed by atoms with Crippen LogP contribution in [0.1, 0.15) is 5.56 Å². The van der Waals surface area contributed by atoms with Crippen LogP contribution in [0.4, 0.5) is 5.69 Å². The van der Waals surface area contributed by atoms with Crippen LogP contribution in [-0.4, -0.2) is 36.6 Å². The molecule has 1 amide bonds. The summed E-state index contributed by atoms with van der Waals surface area (Å²) in [5, 5.41) is 13.1. The molecule has 0 saturated carbocycles. The normalized spacial score (nSPS) is 11.0. The summed E-state index contributed by atoms with van der Waals surface area (Å²) >= 11 is 13.1. The zero-order valence-electron chi connectivity index (χ0n) is 14.9. The fourth-order valence-electron chi connectivity index (χ4n) is 2.61. The molecule has 146 valence electrons. The number of amides is 1. The van der Waals surface area contributed by atoms with Crippen LogP contribution in [0, 0.1) is 0 Å². The lowest BCUT2D eigenvalue weighted by Crippen LogP contribution is -2.14. The fraction of sp³-hybridized carbons (Fsp3) is 0.105. The monoisotopic (exact) mass is 444 g/mol. The van der Waals surface area contributed by atoms with Crippen LogP contribution in [0.5, 0.6) is 0 Å². The molecule has 0 atom stereocenters. The fourth-order valence-corrected chi connectivity index (χ4v) is 3.59. The van der Waals surface area contributed by atoms with E-state index in [-0.39, 0.29) is 11.7 Å². The first kappa shape index (κ1) is 19.6. The standard InChI is InChI=1S/C19H14Cl2N6OS/c20-13-3-1-12(2-4-13)9-27-18-17(25-26-27)19(23-11-22-18)29-10-16(28)24-15-7-5-14(21)6-8-15/h1-8,11H,9-10H2,(H,24,28). The van der Waals surface area contributed by atoms with Crippen molar-refractivity contribution >= 4 is 57.7 Å². The Labute approximate surface area is 180 Å². The minimum atomic E-state index is -0.155. The van der Waals surface area contributed by atoms with Crippen molar-refractivity contribution in [2.75, 3.05) is 11.1 Å². The zero-order valence-corrected chi connectivity index (χ0v) is 17.2. The number of halogens is 2. The molecule has 7 nitrogen and oxygen atoms in total. The van der Waals surface area contributed by atoms with E-state index in [1.54, 1.807) is 28.9 Å². The molecule has 0 aliphatic carbocycles. The summed E-state index contributed by atoms with van der Waals surface area (Å²) in [4.78, 5) is 20.8. The smallest absolute Gasteiger partial charge is 0.234 e. The third kappa shape index (κ3) is 4.84. The number of anilines is 1. The number of rotatable bonds is 6. The van der Waals surface area contributed by atoms with Gasteiger partial charge in [0.15, 0.2) is 11.2 Å². The summed E-state index contributed by atoms with van der Waals surface area (Å²) < 4.78 is 1.69. The SMILES string of the molecule is O=C(CSc1ncnc2c1nnn2Cc1ccc(Cl)cc1)Nc1ccc(Cl)cc1. The van der Waals surface area contributed by atoms with E-state index >= 15 is 0 Å². The summed E-state index contributed by atoms with van der Waals surface area (Å²) in [5.74, 6) is 0.0244. The van der Waals surface area contributed by atoms with Gasteiger partial charge in [-0.1, -0.05) is 52.3 Å². The summed E-state index contributed by atoms with van der Waals surface area (Å²) in [6.07, 6.45) is 1.45. The first-order valence-electron chi connectivity index (χ1n) is 8.55. The number of fused-ring (bicyclic) bond motifs is 1. The van der Waals surface area contributed by atoms with Gasteiger partial charge in [-0.2, -0.15) is 0 Å². The number of thioether (sulfide) groups is 1. The summed E-state index contributed by atoms with van der Waals surface area (Å²) in [6, 6.07) is 14.4. The molecule has 0 fully saturated rings. The molecule has 0 unspecified atom stereocenters. The predicted octanol–water partition coefficient (Wildman–Crippen LogP) is 4.31. The van der Waals surface area contributed by atoms with Crippen LogP contribution in [0.25, 0.3) is 11.2 Å². The van der Waals surface area contributed by atoms with Crippen LogP contribution in [-0.2, 0) is 11.3 Å². The van der Waals surface area contributed by atoms with E-state index in [9.17, 15) is 4.79 Å². The first-order chi connectivity index (χ1) is 14.1. The van der Waals surface area contributed by atoms with Gasteiger partial charge in [0.1, 0.15) is 11.4 Å². The van der Waals surface area contributed by atoms with Crippen LogP contribution < -0.4 is 5.32 Å². The van der Waals surface area contributed by atoms with Gasteiger partial charge in [0.05, 0.1) is 12.3 Å². The molecule has 0 saturated heterocycles. The number of nitrogens with zero attached hydrogens (tertiary/aromatic N) is 5. The van der Waals surface area contributed by atoms with Crippen molar-refractivity contribution < 1.29 is 4.79 Å². The number of hydrogen-bond donors (Lipinski definition) is 1. The Bertz CT molecular complexity index is 1150. The number of benzene rings is 2. The van der Waals surface area contributed by atoms with Gasteiger partial charge in [-0.15, -0.1) is 5.10 Å². The van der Waals surface area contributed by atoms with E-state index in [1.807, 2.05) is 24.3 Å². The Balaban J connectivity index is 1.45. The van der Waals surface area contributed by atoms with E-state index in [0.29, 0.717) is 38.5 Å². The molecule has 10 heteroatoms. The van der Waals surface area contributed by atoms with Crippen molar-refractivity contribution in [2.24, 2.45) is 0 Å². The van der Waals surface area contributed by atoms with E-state index in [2.05, 4.69) is 25.6 Å². The molecule has 4 rings (SSSR count). The lowest BCUT2D eigenvalue weighted by molar-refractivity contribution is -0.113. The average molecular weight is 445 g/mol. The minimum Gasteiger partial charge on any atom is -0.325 e. The van der Waals surface area contributed by atoms with Gasteiger partial charge in [-0.05, 0) is 42.0 Å². The predicted molar refractivity (Wildman–Crippen MR) is 114 cm³/mol. The minimum absolute atomic E-state index is 0.155. The summed E-state index contributed by atoms with van der Waals surface area (Å²) in [7, 11) is 0. The maximum absolute atomic E-state index is 12.2. The van der Waals surface area contributed by atoms with E-state index in [1.165, 1.54) is 18.1 Å². The van der Waals surface area contributed by atoms with Gasteiger partial charge in [0.2, 0.25) is 5.91 Å². The number of hydrogen-bond acceptors (Lipinski definition) is 6. The number of nitrogens with one attached hydrogen (secondary N) is 1. The van der Waals surface area contributed by atoms with Crippen molar-refractivity contribution in [3.8, 4) is 0 Å². The molecule has 0 radical (unpaired) electrons. The van der Waals surface area contributed by atoms with Crippen molar-refractivity contribution in [3.05, 3.63) is 70.5 Å². The largest absolute Gasteiger partial charge is 0.325 e. The highest BCUT2D eigenvalue weighted by Gasteiger charge is 2.14. The highest BCUT2D eigenvalue weighted by Crippen LogP contribution is 2.23. The van der Waals surface area contributed by atoms with Gasteiger partial charge in [-0.3, -0.25) is 4.79 Å². The number of carbonyl (C=O) groups excluding carboxylic acids is 1. The molecule has 0 aliphatic rings. The maximum Gasteiger partial charge on any atom is 0.234 e. The van der Waals surface area contributed by atoms with Crippen molar-refractivity contribution in [1.29, 1.82) is 0 Å². The second kappa shape index (κ2) is 8.77. The molecule has 0 aliphatic heterocycles. The first-order valence-corrected chi connectivity index (χ1v) is 10.3. The van der Waals surface area contributed by atoms with Gasteiger partial charge < -0.3 is 5.32 Å². The molecule has 4 aromatic rings. The van der Waals surface area contributed by atoms with E-state index in [4.69, 9.17) is 23.2 Å². The average Bonchev–Trinajstić information content (AvgIpc) is 3.13. The van der Waals surface area contributed by atoms with E-state index in [0.717, 1.165) is 5.56 Å².